The fourth-order valence-electron chi connectivity index (χ4n) is 3.40. The van der Waals surface area contributed by atoms with E-state index in [9.17, 15) is 0 Å². The molecule has 2 aliphatic rings. The van der Waals surface area contributed by atoms with E-state index in [1.54, 1.807) is 7.11 Å². The number of hydrogen-bond acceptors (Lipinski definition) is 3. The van der Waals surface area contributed by atoms with Gasteiger partial charge in [-0.1, -0.05) is 19.1 Å². The third kappa shape index (κ3) is 4.96. The van der Waals surface area contributed by atoms with Gasteiger partial charge in [-0.25, -0.2) is 0 Å². The van der Waals surface area contributed by atoms with E-state index in [4.69, 9.17) is 4.74 Å². The van der Waals surface area contributed by atoms with Gasteiger partial charge in [-0.05, 0) is 37.0 Å². The Balaban J connectivity index is 0.00000225. The van der Waals surface area contributed by atoms with Gasteiger partial charge in [0, 0.05) is 43.1 Å². The molecule has 6 heteroatoms. The highest BCUT2D eigenvalue weighted by atomic mass is 127. The molecule has 0 spiro atoms. The average Bonchev–Trinajstić information content (AvgIpc) is 3.43. The molecule has 2 fully saturated rings. The van der Waals surface area contributed by atoms with Crippen LogP contribution in [-0.4, -0.2) is 55.7 Å². The van der Waals surface area contributed by atoms with E-state index in [0.717, 1.165) is 36.6 Å². The molecule has 1 N–H and O–H groups in total. The van der Waals surface area contributed by atoms with Crippen LogP contribution >= 0.6 is 35.7 Å². The Labute approximate surface area is 173 Å². The second kappa shape index (κ2) is 9.35. The summed E-state index contributed by atoms with van der Waals surface area (Å²) in [4.78, 5) is 6.96. The molecule has 0 radical (unpaired) electrons. The van der Waals surface area contributed by atoms with Crippen LogP contribution in [0.2, 0.25) is 0 Å². The topological polar surface area (TPSA) is 36.9 Å². The van der Waals surface area contributed by atoms with Gasteiger partial charge >= 0.3 is 0 Å². The zero-order chi connectivity index (χ0) is 17.0. The van der Waals surface area contributed by atoms with Crippen LogP contribution < -0.4 is 10.1 Å². The maximum atomic E-state index is 5.27. The van der Waals surface area contributed by atoms with E-state index in [1.165, 1.54) is 30.6 Å². The van der Waals surface area contributed by atoms with E-state index in [0.29, 0.717) is 0 Å². The normalized spacial score (nSPS) is 22.1. The third-order valence-electron chi connectivity index (χ3n) is 5.25. The molecule has 1 unspecified atom stereocenters. The molecule has 1 aromatic rings. The van der Waals surface area contributed by atoms with Crippen molar-refractivity contribution in [3.63, 3.8) is 0 Å². The van der Waals surface area contributed by atoms with Crippen LogP contribution in [-0.2, 0) is 5.41 Å². The molecule has 0 bridgehead atoms. The molecule has 25 heavy (non-hydrogen) atoms. The summed E-state index contributed by atoms with van der Waals surface area (Å²) in [7, 11) is 3.62. The van der Waals surface area contributed by atoms with E-state index in [2.05, 4.69) is 58.2 Å². The van der Waals surface area contributed by atoms with Gasteiger partial charge in [0.1, 0.15) is 5.75 Å². The van der Waals surface area contributed by atoms with Gasteiger partial charge in [0.2, 0.25) is 0 Å². The number of halogens is 1. The Kier molecular flexibility index (Phi) is 7.73. The molecule has 1 saturated carbocycles. The molecule has 0 amide bonds. The molecule has 1 atom stereocenters. The molecule has 4 nitrogen and oxygen atoms in total. The number of aliphatic imine (C=N–C) groups is 1. The van der Waals surface area contributed by atoms with E-state index in [1.807, 2.05) is 7.05 Å². The Morgan fingerprint density at radius 3 is 2.64 bits per heavy atom. The molecule has 1 heterocycles. The fourth-order valence-corrected chi connectivity index (χ4v) is 4.58. The highest BCUT2D eigenvalue weighted by Crippen LogP contribution is 2.47. The summed E-state index contributed by atoms with van der Waals surface area (Å²) < 4.78 is 5.27. The first-order chi connectivity index (χ1) is 11.7. The van der Waals surface area contributed by atoms with Crippen molar-refractivity contribution in [2.45, 2.75) is 36.9 Å². The van der Waals surface area contributed by atoms with Gasteiger partial charge in [0.25, 0.3) is 0 Å². The summed E-state index contributed by atoms with van der Waals surface area (Å²) in [5, 5.41) is 4.38. The zero-order valence-electron chi connectivity index (χ0n) is 15.5. The number of hydrogen-bond donors (Lipinski definition) is 1. The van der Waals surface area contributed by atoms with Gasteiger partial charge in [0.05, 0.1) is 7.11 Å². The third-order valence-corrected chi connectivity index (χ3v) is 6.62. The summed E-state index contributed by atoms with van der Waals surface area (Å²) in [5.74, 6) is 3.19. The molecule has 1 aliphatic carbocycles. The minimum absolute atomic E-state index is 0. The Morgan fingerprint density at radius 2 is 2.08 bits per heavy atom. The van der Waals surface area contributed by atoms with Crippen LogP contribution in [0, 0.1) is 0 Å². The first-order valence-corrected chi connectivity index (χ1v) is 9.97. The van der Waals surface area contributed by atoms with Gasteiger partial charge in [-0.15, -0.1) is 24.0 Å². The van der Waals surface area contributed by atoms with Crippen molar-refractivity contribution in [2.75, 3.05) is 39.5 Å². The number of nitrogens with zero attached hydrogens (tertiary/aromatic N) is 2. The summed E-state index contributed by atoms with van der Waals surface area (Å²) in [5.41, 5.74) is 1.68. The maximum absolute atomic E-state index is 5.27. The molecule has 1 saturated heterocycles. The van der Waals surface area contributed by atoms with E-state index >= 15 is 0 Å². The summed E-state index contributed by atoms with van der Waals surface area (Å²) in [6.45, 7) is 5.44. The second-order valence-corrected chi connectivity index (χ2v) is 8.16. The first-order valence-electron chi connectivity index (χ1n) is 8.92. The molecular formula is C19H30IN3OS. The van der Waals surface area contributed by atoms with Crippen molar-refractivity contribution >= 4 is 41.7 Å². The summed E-state index contributed by atoms with van der Waals surface area (Å²) in [6, 6.07) is 8.55. The van der Waals surface area contributed by atoms with Crippen LogP contribution in [0.25, 0.3) is 0 Å². The van der Waals surface area contributed by atoms with Gasteiger partial charge in [-0.2, -0.15) is 11.8 Å². The number of rotatable bonds is 5. The standard InChI is InChI=1S/C19H29N3OS.HI/c1-4-17-13-22(11-12-24-17)18(20-2)21-14-19(9-10-19)15-5-7-16(23-3)8-6-15;/h5-8,17H,4,9-14H2,1-3H3,(H,20,21);1H. The highest BCUT2D eigenvalue weighted by Gasteiger charge is 2.44. The highest BCUT2D eigenvalue weighted by molar-refractivity contribution is 14.0. The van der Waals surface area contributed by atoms with Crippen molar-refractivity contribution < 1.29 is 4.74 Å². The minimum atomic E-state index is 0. The van der Waals surface area contributed by atoms with Crippen LogP contribution in [0.5, 0.6) is 5.75 Å². The number of thioether (sulfide) groups is 1. The SMILES string of the molecule is CCC1CN(C(=NC)NCC2(c3ccc(OC)cc3)CC2)CCS1.I. The monoisotopic (exact) mass is 475 g/mol. The van der Waals surface area contributed by atoms with Gasteiger partial charge in [-0.3, -0.25) is 4.99 Å². The number of methoxy groups -OCH3 is 1. The number of ether oxygens (including phenoxy) is 1. The van der Waals surface area contributed by atoms with Crippen molar-refractivity contribution in [3.05, 3.63) is 29.8 Å². The van der Waals surface area contributed by atoms with Gasteiger partial charge in [0.15, 0.2) is 5.96 Å². The number of benzene rings is 1. The van der Waals surface area contributed by atoms with Crippen molar-refractivity contribution in [1.29, 1.82) is 0 Å². The molecule has 1 aromatic carbocycles. The zero-order valence-corrected chi connectivity index (χ0v) is 18.6. The van der Waals surface area contributed by atoms with Crippen LogP contribution in [0.1, 0.15) is 31.7 Å². The molecule has 3 rings (SSSR count). The maximum Gasteiger partial charge on any atom is 0.193 e. The number of nitrogens with one attached hydrogen (secondary N) is 1. The molecule has 0 aromatic heterocycles. The van der Waals surface area contributed by atoms with Crippen LogP contribution in [0.3, 0.4) is 0 Å². The summed E-state index contributed by atoms with van der Waals surface area (Å²) in [6.07, 6.45) is 3.72. The van der Waals surface area contributed by atoms with E-state index < -0.39 is 0 Å². The van der Waals surface area contributed by atoms with Crippen molar-refractivity contribution in [1.82, 2.24) is 10.2 Å². The van der Waals surface area contributed by atoms with Crippen LogP contribution in [0.15, 0.2) is 29.3 Å². The molecule has 1 aliphatic heterocycles. The average molecular weight is 475 g/mol. The van der Waals surface area contributed by atoms with Gasteiger partial charge < -0.3 is 15.0 Å². The second-order valence-electron chi connectivity index (χ2n) is 6.76. The summed E-state index contributed by atoms with van der Waals surface area (Å²) >= 11 is 2.09. The number of guanidine groups is 1. The fraction of sp³-hybridized carbons (Fsp3) is 0.632. The lowest BCUT2D eigenvalue weighted by molar-refractivity contribution is 0.405. The predicted molar refractivity (Wildman–Crippen MR) is 119 cm³/mol. The Morgan fingerprint density at radius 1 is 1.36 bits per heavy atom. The Hall–Kier alpha value is -0.630. The minimum Gasteiger partial charge on any atom is -0.497 e. The molecular weight excluding hydrogens is 445 g/mol. The largest absolute Gasteiger partial charge is 0.497 e. The van der Waals surface area contributed by atoms with Crippen LogP contribution in [0.4, 0.5) is 0 Å². The van der Waals surface area contributed by atoms with Crippen molar-refractivity contribution in [2.24, 2.45) is 4.99 Å². The predicted octanol–water partition coefficient (Wildman–Crippen LogP) is 3.75. The lowest BCUT2D eigenvalue weighted by Crippen LogP contribution is -2.49. The molecule has 140 valence electrons. The lowest BCUT2D eigenvalue weighted by atomic mass is 9.96. The first kappa shape index (κ1) is 20.7. The Bertz CT molecular complexity index is 575. The smallest absolute Gasteiger partial charge is 0.193 e. The van der Waals surface area contributed by atoms with Crippen molar-refractivity contribution in [3.8, 4) is 5.75 Å². The quantitative estimate of drug-likeness (QED) is 0.400. The lowest BCUT2D eigenvalue weighted by Gasteiger charge is -2.35. The van der Waals surface area contributed by atoms with E-state index in [-0.39, 0.29) is 29.4 Å².